The van der Waals surface area contributed by atoms with Gasteiger partial charge >= 0.3 is 0 Å². The van der Waals surface area contributed by atoms with Crippen LogP contribution >= 0.6 is 11.6 Å². The molecule has 0 spiro atoms. The van der Waals surface area contributed by atoms with Gasteiger partial charge in [-0.15, -0.1) is 0 Å². The van der Waals surface area contributed by atoms with Crippen molar-refractivity contribution in [1.82, 2.24) is 9.78 Å². The van der Waals surface area contributed by atoms with Gasteiger partial charge in [0.1, 0.15) is 5.82 Å². The van der Waals surface area contributed by atoms with E-state index in [0.717, 1.165) is 33.3 Å². The lowest BCUT2D eigenvalue weighted by Crippen LogP contribution is -2.18. The summed E-state index contributed by atoms with van der Waals surface area (Å²) in [6, 6.07) is 21.3. The molecule has 1 amide bonds. The summed E-state index contributed by atoms with van der Waals surface area (Å²) in [7, 11) is -0.992. The van der Waals surface area contributed by atoms with Gasteiger partial charge in [-0.05, 0) is 34.5 Å². The first-order valence-corrected chi connectivity index (χ1v) is 11.4. The van der Waals surface area contributed by atoms with Crippen molar-refractivity contribution in [3.8, 4) is 5.69 Å². The van der Waals surface area contributed by atoms with E-state index in [1.807, 2.05) is 54.6 Å². The third kappa shape index (κ3) is 3.53. The summed E-state index contributed by atoms with van der Waals surface area (Å²) in [5, 5.41) is 10.4. The van der Waals surface area contributed by atoms with Gasteiger partial charge in [0.25, 0.3) is 0 Å². The van der Waals surface area contributed by atoms with Crippen molar-refractivity contribution in [3.05, 3.63) is 88.6 Å². The van der Waals surface area contributed by atoms with Crippen LogP contribution in [0, 0.1) is 0 Å². The predicted octanol–water partition coefficient (Wildman–Crippen LogP) is 4.62. The van der Waals surface area contributed by atoms with E-state index in [9.17, 15) is 9.00 Å². The van der Waals surface area contributed by atoms with E-state index in [4.69, 9.17) is 11.6 Å². The van der Waals surface area contributed by atoms with Gasteiger partial charge < -0.3 is 5.32 Å². The van der Waals surface area contributed by atoms with Crippen LogP contribution in [0.5, 0.6) is 0 Å². The zero-order valence-electron chi connectivity index (χ0n) is 16.0. The number of carbonyl (C=O) groups is 1. The van der Waals surface area contributed by atoms with E-state index in [2.05, 4.69) is 10.4 Å². The SMILES string of the molecule is O=C(Cc1cccc2ccccc12)Nc1c2c(nn1-c1cccc(Cl)c1)CS(=O)C2. The fraction of sp³-hybridized carbons (Fsp3) is 0.130. The first-order chi connectivity index (χ1) is 14.6. The molecule has 0 fully saturated rings. The smallest absolute Gasteiger partial charge is 0.229 e. The highest BCUT2D eigenvalue weighted by Gasteiger charge is 2.28. The largest absolute Gasteiger partial charge is 0.310 e. The van der Waals surface area contributed by atoms with Crippen molar-refractivity contribution in [2.24, 2.45) is 0 Å². The molecule has 4 aromatic rings. The van der Waals surface area contributed by atoms with E-state index in [-0.39, 0.29) is 12.3 Å². The fourth-order valence-corrected chi connectivity index (χ4v) is 5.30. The molecule has 1 aromatic heterocycles. The van der Waals surface area contributed by atoms with Crippen LogP contribution in [0.15, 0.2) is 66.7 Å². The molecule has 1 aliphatic heterocycles. The Morgan fingerprint density at radius 2 is 1.87 bits per heavy atom. The number of hydrogen-bond donors (Lipinski definition) is 1. The number of aromatic nitrogens is 2. The summed E-state index contributed by atoms with van der Waals surface area (Å²) in [5.74, 6) is 1.22. The standard InChI is InChI=1S/C23H18ClN3O2S/c24-17-8-4-9-18(12-17)27-23(20-13-30(29)14-21(20)26-27)25-22(28)11-16-7-3-6-15-5-1-2-10-19(15)16/h1-10,12H,11,13-14H2,(H,25,28). The number of amides is 1. The van der Waals surface area contributed by atoms with Gasteiger partial charge in [-0.25, -0.2) is 4.68 Å². The number of hydrogen-bond acceptors (Lipinski definition) is 3. The minimum atomic E-state index is -0.992. The highest BCUT2D eigenvalue weighted by Crippen LogP contribution is 2.32. The molecule has 7 heteroatoms. The third-order valence-electron chi connectivity index (χ3n) is 5.21. The molecule has 1 unspecified atom stereocenters. The van der Waals surface area contributed by atoms with E-state index in [1.54, 1.807) is 16.8 Å². The van der Waals surface area contributed by atoms with Crippen molar-refractivity contribution in [2.45, 2.75) is 17.9 Å². The molecule has 0 bridgehead atoms. The number of benzene rings is 3. The maximum absolute atomic E-state index is 13.0. The Hall–Kier alpha value is -2.96. The number of halogens is 1. The average Bonchev–Trinajstić information content (AvgIpc) is 3.25. The van der Waals surface area contributed by atoms with Crippen LogP contribution in [0.25, 0.3) is 16.5 Å². The molecule has 2 heterocycles. The molecular formula is C23H18ClN3O2S. The second-order valence-corrected chi connectivity index (χ2v) is 9.15. The molecule has 150 valence electrons. The molecule has 1 atom stereocenters. The van der Waals surface area contributed by atoms with Gasteiger partial charge in [0.2, 0.25) is 5.91 Å². The first-order valence-electron chi connectivity index (χ1n) is 9.56. The molecule has 0 radical (unpaired) electrons. The minimum absolute atomic E-state index is 0.144. The minimum Gasteiger partial charge on any atom is -0.310 e. The van der Waals surface area contributed by atoms with Crippen LogP contribution in [-0.4, -0.2) is 19.9 Å². The summed E-state index contributed by atoms with van der Waals surface area (Å²) in [6.07, 6.45) is 0.236. The number of rotatable bonds is 4. The quantitative estimate of drug-likeness (QED) is 0.508. The first kappa shape index (κ1) is 19.0. The summed E-state index contributed by atoms with van der Waals surface area (Å²) < 4.78 is 13.8. The monoisotopic (exact) mass is 435 g/mol. The Kier molecular flexibility index (Phi) is 4.89. The van der Waals surface area contributed by atoms with Crippen molar-refractivity contribution >= 4 is 44.9 Å². The number of nitrogens with zero attached hydrogens (tertiary/aromatic N) is 2. The van der Waals surface area contributed by atoms with Gasteiger partial charge in [-0.3, -0.25) is 9.00 Å². The topological polar surface area (TPSA) is 64.0 Å². The average molecular weight is 436 g/mol. The molecule has 5 nitrogen and oxygen atoms in total. The Balaban J connectivity index is 1.49. The number of carbonyl (C=O) groups excluding carboxylic acids is 1. The van der Waals surface area contributed by atoms with Crippen LogP contribution < -0.4 is 5.32 Å². The Morgan fingerprint density at radius 1 is 1.07 bits per heavy atom. The molecule has 1 N–H and O–H groups in total. The summed E-state index contributed by atoms with van der Waals surface area (Å²) in [6.45, 7) is 0. The molecule has 0 saturated heterocycles. The highest BCUT2D eigenvalue weighted by atomic mass is 35.5. The van der Waals surface area contributed by atoms with Crippen LogP contribution in [0.2, 0.25) is 5.02 Å². The van der Waals surface area contributed by atoms with Crippen molar-refractivity contribution in [3.63, 3.8) is 0 Å². The Bertz CT molecular complexity index is 1310. The van der Waals surface area contributed by atoms with Crippen molar-refractivity contribution in [2.75, 3.05) is 5.32 Å². The van der Waals surface area contributed by atoms with Gasteiger partial charge in [-0.1, -0.05) is 60.1 Å². The highest BCUT2D eigenvalue weighted by molar-refractivity contribution is 7.83. The Labute approximate surface area is 181 Å². The van der Waals surface area contributed by atoms with Crippen molar-refractivity contribution < 1.29 is 9.00 Å². The summed E-state index contributed by atoms with van der Waals surface area (Å²) in [5.41, 5.74) is 3.30. The van der Waals surface area contributed by atoms with E-state index >= 15 is 0 Å². The predicted molar refractivity (Wildman–Crippen MR) is 120 cm³/mol. The maximum Gasteiger partial charge on any atom is 0.229 e. The second-order valence-electron chi connectivity index (χ2n) is 7.26. The molecular weight excluding hydrogens is 418 g/mol. The maximum atomic E-state index is 13.0. The Morgan fingerprint density at radius 3 is 2.73 bits per heavy atom. The van der Waals surface area contributed by atoms with Crippen molar-refractivity contribution in [1.29, 1.82) is 0 Å². The van der Waals surface area contributed by atoms with Crippen LogP contribution in [-0.2, 0) is 33.5 Å². The van der Waals surface area contributed by atoms with Crippen LogP contribution in [0.3, 0.4) is 0 Å². The molecule has 0 saturated carbocycles. The zero-order chi connectivity index (χ0) is 20.7. The van der Waals surface area contributed by atoms with E-state index < -0.39 is 10.8 Å². The second kappa shape index (κ2) is 7.70. The van der Waals surface area contributed by atoms with E-state index in [0.29, 0.717) is 22.3 Å². The summed E-state index contributed by atoms with van der Waals surface area (Å²) >= 11 is 6.16. The lowest BCUT2D eigenvalue weighted by atomic mass is 10.0. The van der Waals surface area contributed by atoms with Crippen LogP contribution in [0.4, 0.5) is 5.82 Å². The molecule has 1 aliphatic rings. The molecule has 5 rings (SSSR count). The normalized spacial score (nSPS) is 15.3. The molecule has 3 aromatic carbocycles. The van der Waals surface area contributed by atoms with Gasteiger partial charge in [0.15, 0.2) is 0 Å². The van der Waals surface area contributed by atoms with E-state index in [1.165, 1.54) is 0 Å². The lowest BCUT2D eigenvalue weighted by Gasteiger charge is -2.12. The van der Waals surface area contributed by atoms with Crippen LogP contribution in [0.1, 0.15) is 16.8 Å². The molecule has 30 heavy (non-hydrogen) atoms. The fourth-order valence-electron chi connectivity index (χ4n) is 3.85. The zero-order valence-corrected chi connectivity index (χ0v) is 17.5. The third-order valence-corrected chi connectivity index (χ3v) is 6.65. The lowest BCUT2D eigenvalue weighted by molar-refractivity contribution is -0.115. The van der Waals surface area contributed by atoms with Gasteiger partial charge in [-0.2, -0.15) is 5.10 Å². The number of fused-ring (bicyclic) bond motifs is 2. The summed E-state index contributed by atoms with van der Waals surface area (Å²) in [4.78, 5) is 13.0. The van der Waals surface area contributed by atoms with Gasteiger partial charge in [0.05, 0.1) is 29.3 Å². The molecule has 0 aliphatic carbocycles. The van der Waals surface area contributed by atoms with Gasteiger partial charge in [0, 0.05) is 21.4 Å². The number of nitrogens with one attached hydrogen (secondary N) is 1. The number of anilines is 1.